The normalized spacial score (nSPS) is 14.7. The molecule has 4 aromatic rings. The Labute approximate surface area is 242 Å². The summed E-state index contributed by atoms with van der Waals surface area (Å²) in [6.07, 6.45) is 0. The van der Waals surface area contributed by atoms with E-state index in [4.69, 9.17) is 18.6 Å². The third-order valence-corrected chi connectivity index (χ3v) is 22.0. The fourth-order valence-electron chi connectivity index (χ4n) is 6.03. The van der Waals surface area contributed by atoms with Crippen LogP contribution in [-0.2, 0) is 15.7 Å². The van der Waals surface area contributed by atoms with E-state index in [-0.39, 0.29) is 9.09 Å². The number of hydrogen-bond donors (Lipinski definition) is 0. The van der Waals surface area contributed by atoms with Gasteiger partial charge in [-0.3, -0.25) is 0 Å². The van der Waals surface area contributed by atoms with Crippen molar-refractivity contribution in [1.29, 1.82) is 0 Å². The molecule has 0 atom stereocenters. The Morgan fingerprint density at radius 3 is 1.05 bits per heavy atom. The fourth-order valence-corrected chi connectivity index (χ4v) is 22.9. The average molecular weight is 591 g/mol. The Kier molecular flexibility index (Phi) is 9.24. The van der Waals surface area contributed by atoms with E-state index in [1.54, 1.807) is 12.1 Å². The van der Waals surface area contributed by atoms with Crippen LogP contribution in [0.15, 0.2) is 144 Å². The molecule has 0 aliphatic heterocycles. The van der Waals surface area contributed by atoms with E-state index in [1.807, 2.05) is 6.07 Å². The van der Waals surface area contributed by atoms with E-state index in [2.05, 4.69) is 119 Å². The van der Waals surface area contributed by atoms with Crippen LogP contribution in [0.2, 0.25) is 3.34 Å². The molecule has 5 rings (SSSR count). The monoisotopic (exact) mass is 590 g/mol. The molecule has 1 aliphatic carbocycles. The molecule has 38 heavy (non-hydrogen) atoms. The minimum atomic E-state index is -2.72. The van der Waals surface area contributed by atoms with Crippen molar-refractivity contribution in [2.24, 2.45) is 0 Å². The maximum absolute atomic E-state index is 10.3. The third-order valence-electron chi connectivity index (χ3n) is 8.02. The smallest absolute Gasteiger partial charge is 0.0623 e. The molecular formula is C33H32Cl2OSiTi. The molecule has 0 unspecified atom stereocenters. The Morgan fingerprint density at radius 2 is 0.816 bits per heavy atom. The predicted molar refractivity (Wildman–Crippen MR) is 161 cm³/mol. The molecule has 0 bridgehead atoms. The van der Waals surface area contributed by atoms with Crippen LogP contribution in [0, 0.1) is 0 Å². The van der Waals surface area contributed by atoms with Crippen molar-refractivity contribution < 1.29 is 20.9 Å². The number of halogens is 2. The van der Waals surface area contributed by atoms with Gasteiger partial charge in [-0.15, -0.1) is 5.75 Å². The molecule has 0 fully saturated rings. The number of allylic oxidation sites excluding steroid dienone is 4. The van der Waals surface area contributed by atoms with Crippen molar-refractivity contribution in [3.8, 4) is 5.75 Å². The third kappa shape index (κ3) is 4.78. The zero-order valence-electron chi connectivity index (χ0n) is 22.2. The van der Waals surface area contributed by atoms with Crippen LogP contribution >= 0.6 is 18.6 Å². The van der Waals surface area contributed by atoms with E-state index in [0.717, 1.165) is 0 Å². The van der Waals surface area contributed by atoms with Crippen molar-refractivity contribution >= 4 is 42.2 Å². The quantitative estimate of drug-likeness (QED) is 0.178. The Hall–Kier alpha value is -2.33. The molecule has 0 saturated heterocycles. The molecule has 1 nitrogen and oxygen atoms in total. The molecule has 0 heterocycles. The zero-order chi connectivity index (χ0) is 27.3. The van der Waals surface area contributed by atoms with E-state index in [0.29, 0.717) is 0 Å². The molecule has 0 saturated carbocycles. The van der Waals surface area contributed by atoms with Gasteiger partial charge in [0, 0.05) is 0 Å². The molecule has 0 amide bonds. The second kappa shape index (κ2) is 12.2. The standard InChI is InChI=1S/C27H27Si.C6H6O.2ClH.Ti/c1-20-21(2)23(4)27(22(20)3)28(24-14-8-5-9-15-24,25-16-10-6-11-17-25)26-18-12-7-13-19-26;7-6-4-2-1-3-5-6;;;/h5-19H,1-4H3;1-5,7H;2*1H;/q;;;;+3/p-3. The van der Waals surface area contributed by atoms with Gasteiger partial charge in [0.2, 0.25) is 0 Å². The molecule has 1 aliphatic rings. The molecule has 4 aromatic carbocycles. The Balaban J connectivity index is 0.000000417. The van der Waals surface area contributed by atoms with E-state index < -0.39 is 23.8 Å². The maximum Gasteiger partial charge on any atom is -0.0623 e. The van der Waals surface area contributed by atoms with Crippen molar-refractivity contribution in [1.82, 2.24) is 0 Å². The number of hydrogen-bond acceptors (Lipinski definition) is 1. The molecule has 0 N–H and O–H groups in total. The second-order valence-corrected chi connectivity index (χ2v) is 20.3. The summed E-state index contributed by atoms with van der Waals surface area (Å²) >= 11 is -2.64. The van der Waals surface area contributed by atoms with Crippen LogP contribution in [0.4, 0.5) is 0 Å². The van der Waals surface area contributed by atoms with Gasteiger partial charge in [-0.2, -0.15) is 0 Å². The summed E-state index contributed by atoms with van der Waals surface area (Å²) in [6, 6.07) is 41.4. The summed E-state index contributed by atoms with van der Waals surface area (Å²) in [4.78, 5) is 0. The molecule has 5 heteroatoms. The van der Waals surface area contributed by atoms with Gasteiger partial charge in [-0.25, -0.2) is 0 Å². The summed E-state index contributed by atoms with van der Waals surface area (Å²) < 4.78 is -0.325. The Bertz CT molecular complexity index is 1300. The van der Waals surface area contributed by atoms with Gasteiger partial charge >= 0.3 is 202 Å². The molecule has 0 spiro atoms. The first-order chi connectivity index (χ1) is 18.3. The van der Waals surface area contributed by atoms with Crippen molar-refractivity contribution in [2.45, 2.75) is 31.0 Å². The van der Waals surface area contributed by atoms with Gasteiger partial charge in [-0.1, -0.05) is 30.3 Å². The second-order valence-electron chi connectivity index (χ2n) is 9.67. The van der Waals surface area contributed by atoms with Crippen LogP contribution < -0.4 is 20.7 Å². The summed E-state index contributed by atoms with van der Waals surface area (Å²) in [7, 11) is 11.9. The zero-order valence-corrected chi connectivity index (χ0v) is 26.3. The fraction of sp³-hybridized carbons (Fsp3) is 0.152. The van der Waals surface area contributed by atoms with Crippen molar-refractivity contribution in [3.63, 3.8) is 0 Å². The number of benzene rings is 4. The van der Waals surface area contributed by atoms with Gasteiger partial charge in [0.1, 0.15) is 0 Å². The minimum absolute atomic E-state index is 0.0718. The first kappa shape index (κ1) is 28.7. The molecular weight excluding hydrogens is 559 g/mol. The molecule has 0 aromatic heterocycles. The summed E-state index contributed by atoms with van der Waals surface area (Å²) in [5, 5.41) is 14.4. The SMILES string of the molecule is CC1=C(C)[C]([Ti+]([Cl])[Cl])([Si](c2ccccc2)(c2ccccc2)c2ccccc2)C(C)=C1C.[O-]c1ccccc1. The number of rotatable bonds is 5. The predicted octanol–water partition coefficient (Wildman–Crippen LogP) is 7.23. The molecule has 0 radical (unpaired) electrons. The van der Waals surface area contributed by atoms with Gasteiger partial charge in [0.25, 0.3) is 0 Å². The van der Waals surface area contributed by atoms with Gasteiger partial charge < -0.3 is 5.11 Å². The first-order valence-corrected chi connectivity index (χ1v) is 19.8. The average Bonchev–Trinajstić information content (AvgIpc) is 3.13. The minimum Gasteiger partial charge on any atom is -0.872 e. The van der Waals surface area contributed by atoms with Crippen LogP contribution in [0.5, 0.6) is 5.75 Å². The van der Waals surface area contributed by atoms with Gasteiger partial charge in [0.05, 0.1) is 0 Å². The number of para-hydroxylation sites is 1. The van der Waals surface area contributed by atoms with Crippen LogP contribution in [-0.4, -0.2) is 8.07 Å². The van der Waals surface area contributed by atoms with Crippen LogP contribution in [0.3, 0.4) is 0 Å². The van der Waals surface area contributed by atoms with E-state index in [1.165, 1.54) is 50.0 Å². The largest absolute Gasteiger partial charge is 0.872 e. The maximum atomic E-state index is 10.3. The summed E-state index contributed by atoms with van der Waals surface area (Å²) in [6.45, 7) is 9.05. The topological polar surface area (TPSA) is 23.1 Å². The van der Waals surface area contributed by atoms with Crippen molar-refractivity contribution in [3.05, 3.63) is 144 Å². The van der Waals surface area contributed by atoms with Gasteiger partial charge in [-0.05, 0) is 0 Å². The first-order valence-electron chi connectivity index (χ1n) is 12.7. The van der Waals surface area contributed by atoms with Crippen LogP contribution in [0.1, 0.15) is 27.7 Å². The van der Waals surface area contributed by atoms with Gasteiger partial charge in [0.15, 0.2) is 0 Å². The van der Waals surface area contributed by atoms with Crippen molar-refractivity contribution in [2.75, 3.05) is 0 Å². The van der Waals surface area contributed by atoms with E-state index >= 15 is 0 Å². The Morgan fingerprint density at radius 1 is 0.526 bits per heavy atom. The van der Waals surface area contributed by atoms with Crippen LogP contribution in [0.25, 0.3) is 0 Å². The molecule has 192 valence electrons. The van der Waals surface area contributed by atoms with E-state index in [9.17, 15) is 5.11 Å². The summed E-state index contributed by atoms with van der Waals surface area (Å²) in [5.74, 6) is 0.0718. The summed E-state index contributed by atoms with van der Waals surface area (Å²) in [5.41, 5.74) is 5.43.